The van der Waals surface area contributed by atoms with Crippen molar-refractivity contribution in [2.45, 2.75) is 30.4 Å². The molecule has 1 saturated heterocycles. The van der Waals surface area contributed by atoms with Crippen molar-refractivity contribution >= 4 is 39.4 Å². The molecule has 13 heteroatoms. The van der Waals surface area contributed by atoms with Crippen molar-refractivity contribution in [2.24, 2.45) is 5.10 Å². The molecule has 4 rings (SSSR count). The SMILES string of the molecule is COc1cc(/C=N\NC(=O)[C@@H]2CCCN2S(=O)(=O)c2ccc(Cl)cc2)c([N+](=O)[O-])cc1OCc1ccccc1. The van der Waals surface area contributed by atoms with Crippen LogP contribution in [0.25, 0.3) is 0 Å². The van der Waals surface area contributed by atoms with E-state index in [9.17, 15) is 23.3 Å². The Morgan fingerprint density at radius 2 is 1.90 bits per heavy atom. The quantitative estimate of drug-likeness (QED) is 0.219. The number of nitro groups is 1. The molecule has 0 aromatic heterocycles. The van der Waals surface area contributed by atoms with Gasteiger partial charge in [-0.15, -0.1) is 0 Å². The van der Waals surface area contributed by atoms with Crippen LogP contribution in [0.4, 0.5) is 5.69 Å². The molecular formula is C26H25ClN4O7S. The Morgan fingerprint density at radius 3 is 2.56 bits per heavy atom. The number of methoxy groups -OCH3 is 1. The molecule has 0 unspecified atom stereocenters. The Bertz CT molecular complexity index is 1480. The Hall–Kier alpha value is -4.00. The van der Waals surface area contributed by atoms with Crippen molar-refractivity contribution in [1.82, 2.24) is 9.73 Å². The van der Waals surface area contributed by atoms with Crippen molar-refractivity contribution in [3.8, 4) is 11.5 Å². The van der Waals surface area contributed by atoms with E-state index < -0.39 is 26.9 Å². The largest absolute Gasteiger partial charge is 0.493 e. The number of halogens is 1. The molecule has 0 radical (unpaired) electrons. The van der Waals surface area contributed by atoms with E-state index in [0.717, 1.165) is 16.1 Å². The van der Waals surface area contributed by atoms with Gasteiger partial charge in [0.2, 0.25) is 10.0 Å². The number of hydrogen-bond donors (Lipinski definition) is 1. The summed E-state index contributed by atoms with van der Waals surface area (Å²) < 4.78 is 38.4. The van der Waals surface area contributed by atoms with E-state index in [1.807, 2.05) is 30.3 Å². The van der Waals surface area contributed by atoms with Crippen LogP contribution in [0.3, 0.4) is 0 Å². The lowest BCUT2D eigenvalue weighted by atomic mass is 10.1. The lowest BCUT2D eigenvalue weighted by Crippen LogP contribution is -2.44. The second-order valence-corrected chi connectivity index (χ2v) is 10.9. The van der Waals surface area contributed by atoms with E-state index in [1.54, 1.807) is 0 Å². The maximum absolute atomic E-state index is 13.1. The molecule has 0 bridgehead atoms. The third-order valence-corrected chi connectivity index (χ3v) is 8.23. The van der Waals surface area contributed by atoms with Crippen LogP contribution in [0.1, 0.15) is 24.0 Å². The molecule has 1 atom stereocenters. The molecule has 1 aliphatic rings. The molecule has 1 fully saturated rings. The highest BCUT2D eigenvalue weighted by Gasteiger charge is 2.39. The molecule has 1 N–H and O–H groups in total. The molecule has 1 aliphatic heterocycles. The number of nitro benzene ring substituents is 1. The summed E-state index contributed by atoms with van der Waals surface area (Å²) in [5.41, 5.74) is 2.92. The number of ether oxygens (including phenoxy) is 2. The van der Waals surface area contributed by atoms with Crippen molar-refractivity contribution < 1.29 is 27.6 Å². The molecular weight excluding hydrogens is 548 g/mol. The number of sulfonamides is 1. The highest BCUT2D eigenvalue weighted by Crippen LogP contribution is 2.34. The van der Waals surface area contributed by atoms with Crippen molar-refractivity contribution in [2.75, 3.05) is 13.7 Å². The molecule has 11 nitrogen and oxygen atoms in total. The number of nitrogens with zero attached hydrogens (tertiary/aromatic N) is 3. The summed E-state index contributed by atoms with van der Waals surface area (Å²) in [4.78, 5) is 24.0. The zero-order chi connectivity index (χ0) is 28.0. The van der Waals surface area contributed by atoms with Gasteiger partial charge in [-0.2, -0.15) is 9.41 Å². The second kappa shape index (κ2) is 12.2. The molecule has 3 aromatic rings. The highest BCUT2D eigenvalue weighted by atomic mass is 35.5. The van der Waals surface area contributed by atoms with Gasteiger partial charge in [0.1, 0.15) is 12.6 Å². The first kappa shape index (κ1) is 28.0. The van der Waals surface area contributed by atoms with Gasteiger partial charge in [0.25, 0.3) is 11.6 Å². The molecule has 0 saturated carbocycles. The van der Waals surface area contributed by atoms with Crippen molar-refractivity contribution in [3.05, 3.63) is 93.0 Å². The molecule has 39 heavy (non-hydrogen) atoms. The van der Waals surface area contributed by atoms with Gasteiger partial charge in [-0.3, -0.25) is 14.9 Å². The number of amides is 1. The van der Waals surface area contributed by atoms with E-state index in [1.165, 1.54) is 43.5 Å². The van der Waals surface area contributed by atoms with E-state index in [-0.39, 0.29) is 40.8 Å². The van der Waals surface area contributed by atoms with Gasteiger partial charge >= 0.3 is 0 Å². The Morgan fingerprint density at radius 1 is 1.18 bits per heavy atom. The summed E-state index contributed by atoms with van der Waals surface area (Å²) in [5.74, 6) is -0.248. The van der Waals surface area contributed by atoms with Gasteiger partial charge in [-0.1, -0.05) is 41.9 Å². The average Bonchev–Trinajstić information content (AvgIpc) is 3.44. The minimum Gasteiger partial charge on any atom is -0.493 e. The van der Waals surface area contributed by atoms with Gasteiger partial charge in [0, 0.05) is 11.6 Å². The summed E-state index contributed by atoms with van der Waals surface area (Å²) in [5, 5.41) is 16.0. The number of carbonyl (C=O) groups excluding carboxylic acids is 1. The number of benzene rings is 3. The molecule has 1 amide bonds. The van der Waals surface area contributed by atoms with Crippen LogP contribution >= 0.6 is 11.6 Å². The fourth-order valence-corrected chi connectivity index (χ4v) is 5.89. The van der Waals surface area contributed by atoms with Crippen LogP contribution in [-0.2, 0) is 21.4 Å². The summed E-state index contributed by atoms with van der Waals surface area (Å²) in [6, 6.07) is 16.6. The predicted octanol–water partition coefficient (Wildman–Crippen LogP) is 4.14. The molecule has 204 valence electrons. The van der Waals surface area contributed by atoms with Crippen molar-refractivity contribution in [1.29, 1.82) is 0 Å². The summed E-state index contributed by atoms with van der Waals surface area (Å²) >= 11 is 5.86. The van der Waals surface area contributed by atoms with Crippen LogP contribution in [0.5, 0.6) is 11.5 Å². The van der Waals surface area contributed by atoms with Gasteiger partial charge < -0.3 is 9.47 Å². The molecule has 0 aliphatic carbocycles. The minimum atomic E-state index is -3.94. The maximum Gasteiger partial charge on any atom is 0.282 e. The van der Waals surface area contributed by atoms with E-state index in [2.05, 4.69) is 10.5 Å². The first-order valence-corrected chi connectivity index (χ1v) is 13.7. The molecule has 1 heterocycles. The number of nitrogens with one attached hydrogen (secondary N) is 1. The number of hydrazone groups is 1. The third kappa shape index (κ3) is 6.53. The monoisotopic (exact) mass is 572 g/mol. The number of rotatable bonds is 10. The fourth-order valence-electron chi connectivity index (χ4n) is 4.11. The normalized spacial score (nSPS) is 15.8. The number of hydrogen-bond acceptors (Lipinski definition) is 8. The van der Waals surface area contributed by atoms with Crippen LogP contribution in [-0.4, -0.2) is 49.5 Å². The zero-order valence-corrected chi connectivity index (χ0v) is 22.4. The topological polar surface area (TPSA) is 140 Å². The van der Waals surface area contributed by atoms with Gasteiger partial charge in [0.05, 0.1) is 34.8 Å². The molecule has 0 spiro atoms. The van der Waals surface area contributed by atoms with Gasteiger partial charge in [-0.05, 0) is 48.7 Å². The van der Waals surface area contributed by atoms with Gasteiger partial charge in [-0.25, -0.2) is 13.8 Å². The maximum atomic E-state index is 13.1. The minimum absolute atomic E-state index is 0.0207. The standard InChI is InChI=1S/C26H25ClN4O7S/c1-37-24-14-19(23(31(33)34)15-25(24)38-17-18-6-3-2-4-7-18)16-28-29-26(32)22-8-5-13-30(22)39(35,36)21-11-9-20(27)10-12-21/h2-4,6-7,9-12,14-16,22H,5,8,13,17H2,1H3,(H,29,32)/b28-16-/t22-/m0/s1. The summed E-state index contributed by atoms with van der Waals surface area (Å²) in [6.45, 7) is 0.342. The third-order valence-electron chi connectivity index (χ3n) is 6.05. The predicted molar refractivity (Wildman–Crippen MR) is 145 cm³/mol. The Balaban J connectivity index is 1.49. The van der Waals surface area contributed by atoms with E-state index in [0.29, 0.717) is 17.9 Å². The van der Waals surface area contributed by atoms with Crippen LogP contribution in [0.2, 0.25) is 5.02 Å². The summed E-state index contributed by atoms with van der Waals surface area (Å²) in [7, 11) is -2.54. The Labute approximate surface area is 230 Å². The van der Waals surface area contributed by atoms with Gasteiger partial charge in [0.15, 0.2) is 11.5 Å². The van der Waals surface area contributed by atoms with E-state index >= 15 is 0 Å². The van der Waals surface area contributed by atoms with E-state index in [4.69, 9.17) is 21.1 Å². The Kier molecular flexibility index (Phi) is 8.79. The first-order valence-electron chi connectivity index (χ1n) is 11.8. The molecule has 3 aromatic carbocycles. The smallest absolute Gasteiger partial charge is 0.282 e. The number of carbonyl (C=O) groups is 1. The zero-order valence-electron chi connectivity index (χ0n) is 20.8. The lowest BCUT2D eigenvalue weighted by molar-refractivity contribution is -0.385. The first-order chi connectivity index (χ1) is 18.7. The fraction of sp³-hybridized carbons (Fsp3) is 0.231. The van der Waals surface area contributed by atoms with Crippen LogP contribution in [0, 0.1) is 10.1 Å². The summed E-state index contributed by atoms with van der Waals surface area (Å²) in [6.07, 6.45) is 1.89. The highest BCUT2D eigenvalue weighted by molar-refractivity contribution is 7.89. The second-order valence-electron chi connectivity index (χ2n) is 8.56. The average molecular weight is 573 g/mol. The van der Waals surface area contributed by atoms with Crippen LogP contribution < -0.4 is 14.9 Å². The van der Waals surface area contributed by atoms with Crippen molar-refractivity contribution in [3.63, 3.8) is 0 Å². The van der Waals surface area contributed by atoms with Crippen LogP contribution in [0.15, 0.2) is 76.7 Å². The lowest BCUT2D eigenvalue weighted by Gasteiger charge is -2.22.